The number of nitrogens with one attached hydrogen (secondary N) is 2. The molecule has 0 amide bonds. The molecule has 0 unspecified atom stereocenters. The first-order valence-electron chi connectivity index (χ1n) is 7.34. The average Bonchev–Trinajstić information content (AvgIpc) is 2.55. The van der Waals surface area contributed by atoms with Crippen molar-refractivity contribution in [3.05, 3.63) is 54.1 Å². The number of ether oxygens (including phenoxy) is 2. The van der Waals surface area contributed by atoms with Crippen molar-refractivity contribution in [2.75, 3.05) is 18.6 Å². The Kier molecular flexibility index (Phi) is 6.26. The number of carboxylic acids is 1. The lowest BCUT2D eigenvalue weighted by molar-refractivity contribution is -0.139. The Morgan fingerprint density at radius 1 is 1.09 bits per heavy atom. The van der Waals surface area contributed by atoms with Crippen LogP contribution in [0.25, 0.3) is 0 Å². The van der Waals surface area contributed by atoms with Gasteiger partial charge in [0.25, 0.3) is 0 Å². The highest BCUT2D eigenvalue weighted by Gasteiger charge is 2.12. The monoisotopic (exact) mass is 316 g/mol. The van der Waals surface area contributed by atoms with Crippen LogP contribution < -0.4 is 20.3 Å². The van der Waals surface area contributed by atoms with Crippen molar-refractivity contribution in [3.63, 3.8) is 0 Å². The minimum Gasteiger partial charge on any atom is -0.490 e. The fraction of sp³-hybridized carbons (Fsp3) is 0.235. The van der Waals surface area contributed by atoms with Gasteiger partial charge in [0, 0.05) is 17.8 Å². The highest BCUT2D eigenvalue weighted by Crippen LogP contribution is 2.31. The minimum atomic E-state index is -1.03. The van der Waals surface area contributed by atoms with E-state index in [1.165, 1.54) is 0 Å². The Balaban J connectivity index is 2.06. The van der Waals surface area contributed by atoms with Crippen LogP contribution >= 0.6 is 0 Å². The highest BCUT2D eigenvalue weighted by molar-refractivity contribution is 5.68. The van der Waals surface area contributed by atoms with Gasteiger partial charge in [0.15, 0.2) is 18.1 Å². The zero-order valence-corrected chi connectivity index (χ0v) is 12.9. The predicted molar refractivity (Wildman–Crippen MR) is 87.6 cm³/mol. The number of rotatable bonds is 9. The summed E-state index contributed by atoms with van der Waals surface area (Å²) in [6, 6.07) is 15.1. The third-order valence-corrected chi connectivity index (χ3v) is 2.99. The number of hydrazine groups is 1. The van der Waals surface area contributed by atoms with E-state index in [1.807, 2.05) is 49.4 Å². The summed E-state index contributed by atoms with van der Waals surface area (Å²) < 4.78 is 10.9. The SMILES string of the molecule is CCOc1cccc(CNNc2ccccc2)c1OCC(=O)O. The fourth-order valence-corrected chi connectivity index (χ4v) is 2.03. The summed E-state index contributed by atoms with van der Waals surface area (Å²) in [5.74, 6) is -0.0514. The van der Waals surface area contributed by atoms with E-state index in [-0.39, 0.29) is 0 Å². The van der Waals surface area contributed by atoms with Gasteiger partial charge in [0.05, 0.1) is 6.61 Å². The Labute approximate surface area is 135 Å². The van der Waals surface area contributed by atoms with Crippen molar-refractivity contribution >= 4 is 11.7 Å². The van der Waals surface area contributed by atoms with Crippen molar-refractivity contribution in [1.82, 2.24) is 5.43 Å². The highest BCUT2D eigenvalue weighted by atomic mass is 16.5. The summed E-state index contributed by atoms with van der Waals surface area (Å²) in [5.41, 5.74) is 7.89. The molecule has 6 heteroatoms. The van der Waals surface area contributed by atoms with E-state index in [0.29, 0.717) is 24.7 Å². The Morgan fingerprint density at radius 3 is 2.57 bits per heavy atom. The van der Waals surface area contributed by atoms with Crippen molar-refractivity contribution in [3.8, 4) is 11.5 Å². The lowest BCUT2D eigenvalue weighted by Gasteiger charge is -2.16. The lowest BCUT2D eigenvalue weighted by atomic mass is 10.2. The van der Waals surface area contributed by atoms with Gasteiger partial charge in [0.1, 0.15) is 0 Å². The molecule has 0 saturated heterocycles. The molecule has 3 N–H and O–H groups in total. The molecule has 2 aromatic rings. The molecular formula is C17H20N2O4. The maximum atomic E-state index is 10.8. The molecule has 6 nitrogen and oxygen atoms in total. The average molecular weight is 316 g/mol. The van der Waals surface area contributed by atoms with E-state index in [9.17, 15) is 4.79 Å². The molecule has 0 aliphatic heterocycles. The lowest BCUT2D eigenvalue weighted by Crippen LogP contribution is -2.22. The first-order chi connectivity index (χ1) is 11.2. The summed E-state index contributed by atoms with van der Waals surface area (Å²) in [5, 5.41) is 8.82. The van der Waals surface area contributed by atoms with E-state index in [0.717, 1.165) is 11.3 Å². The molecule has 0 spiro atoms. The van der Waals surface area contributed by atoms with E-state index in [2.05, 4.69) is 10.9 Å². The quantitative estimate of drug-likeness (QED) is 0.617. The number of carbonyl (C=O) groups is 1. The molecular weight excluding hydrogens is 296 g/mol. The van der Waals surface area contributed by atoms with Crippen molar-refractivity contribution in [2.45, 2.75) is 13.5 Å². The largest absolute Gasteiger partial charge is 0.490 e. The Bertz CT molecular complexity index is 632. The second-order valence-electron chi connectivity index (χ2n) is 4.70. The molecule has 2 rings (SSSR count). The number of benzene rings is 2. The van der Waals surface area contributed by atoms with Gasteiger partial charge in [-0.25, -0.2) is 10.2 Å². The molecule has 0 atom stereocenters. The second kappa shape index (κ2) is 8.65. The molecule has 0 saturated carbocycles. The van der Waals surface area contributed by atoms with E-state index in [4.69, 9.17) is 14.6 Å². The third-order valence-electron chi connectivity index (χ3n) is 2.99. The van der Waals surface area contributed by atoms with E-state index >= 15 is 0 Å². The molecule has 2 aromatic carbocycles. The molecule has 0 aliphatic carbocycles. The van der Waals surface area contributed by atoms with Crippen LogP contribution in [-0.4, -0.2) is 24.3 Å². The normalized spacial score (nSPS) is 10.1. The first kappa shape index (κ1) is 16.6. The van der Waals surface area contributed by atoms with Crippen molar-refractivity contribution in [2.24, 2.45) is 0 Å². The predicted octanol–water partition coefficient (Wildman–Crippen LogP) is 2.67. The topological polar surface area (TPSA) is 79.8 Å². The Morgan fingerprint density at radius 2 is 1.87 bits per heavy atom. The molecule has 23 heavy (non-hydrogen) atoms. The van der Waals surface area contributed by atoms with Crippen molar-refractivity contribution < 1.29 is 19.4 Å². The van der Waals surface area contributed by atoms with Crippen LogP contribution in [0.2, 0.25) is 0 Å². The fourth-order valence-electron chi connectivity index (χ4n) is 2.03. The van der Waals surface area contributed by atoms with Crippen molar-refractivity contribution in [1.29, 1.82) is 0 Å². The smallest absolute Gasteiger partial charge is 0.341 e. The van der Waals surface area contributed by atoms with Crippen LogP contribution in [0.1, 0.15) is 12.5 Å². The molecule has 122 valence electrons. The number of hydrogen-bond donors (Lipinski definition) is 3. The van der Waals surface area contributed by atoms with E-state index < -0.39 is 12.6 Å². The maximum Gasteiger partial charge on any atom is 0.341 e. The van der Waals surface area contributed by atoms with Gasteiger partial charge in [-0.15, -0.1) is 0 Å². The number of para-hydroxylation sites is 2. The van der Waals surface area contributed by atoms with Gasteiger partial charge in [-0.2, -0.15) is 0 Å². The minimum absolute atomic E-state index is 0.413. The van der Waals surface area contributed by atoms with Crippen LogP contribution in [0.15, 0.2) is 48.5 Å². The maximum absolute atomic E-state index is 10.8. The number of aliphatic carboxylic acids is 1. The number of carboxylic acid groups (broad SMARTS) is 1. The molecule has 0 aromatic heterocycles. The van der Waals surface area contributed by atoms with Gasteiger partial charge in [-0.3, -0.25) is 0 Å². The van der Waals surface area contributed by atoms with Gasteiger partial charge in [0.2, 0.25) is 0 Å². The van der Waals surface area contributed by atoms with Gasteiger partial charge in [-0.05, 0) is 25.1 Å². The third kappa shape index (κ3) is 5.19. The van der Waals surface area contributed by atoms with Gasteiger partial charge >= 0.3 is 5.97 Å². The van der Waals surface area contributed by atoms with Crippen LogP contribution in [-0.2, 0) is 11.3 Å². The molecule has 0 fully saturated rings. The summed E-state index contributed by atoms with van der Waals surface area (Å²) in [6.07, 6.45) is 0. The molecule has 0 aliphatic rings. The standard InChI is InChI=1S/C17H20N2O4/c1-2-22-15-10-6-7-13(17(15)23-12-16(20)21)11-18-19-14-8-4-3-5-9-14/h3-10,18-19H,2,11-12H2,1H3,(H,20,21). The molecule has 0 heterocycles. The summed E-state index contributed by atoms with van der Waals surface area (Å²) >= 11 is 0. The van der Waals surface area contributed by atoms with Gasteiger partial charge < -0.3 is 20.0 Å². The van der Waals surface area contributed by atoms with E-state index in [1.54, 1.807) is 6.07 Å². The number of anilines is 1. The zero-order valence-electron chi connectivity index (χ0n) is 12.9. The Hall–Kier alpha value is -2.73. The van der Waals surface area contributed by atoms with Crippen LogP contribution in [0, 0.1) is 0 Å². The number of hydrogen-bond acceptors (Lipinski definition) is 5. The zero-order chi connectivity index (χ0) is 16.5. The first-order valence-corrected chi connectivity index (χ1v) is 7.34. The van der Waals surface area contributed by atoms with Gasteiger partial charge in [-0.1, -0.05) is 30.3 Å². The van der Waals surface area contributed by atoms with Crippen LogP contribution in [0.5, 0.6) is 11.5 Å². The van der Waals surface area contributed by atoms with Crippen LogP contribution in [0.4, 0.5) is 5.69 Å². The molecule has 0 radical (unpaired) electrons. The summed E-state index contributed by atoms with van der Waals surface area (Å²) in [7, 11) is 0. The molecule has 0 bridgehead atoms. The van der Waals surface area contributed by atoms with Crippen LogP contribution in [0.3, 0.4) is 0 Å². The summed E-state index contributed by atoms with van der Waals surface area (Å²) in [4.78, 5) is 10.8. The second-order valence-corrected chi connectivity index (χ2v) is 4.70. The summed E-state index contributed by atoms with van der Waals surface area (Å²) in [6.45, 7) is 2.37.